The molecule has 6 heteroatoms. The van der Waals surface area contributed by atoms with Gasteiger partial charge < -0.3 is 15.5 Å². The van der Waals surface area contributed by atoms with E-state index in [2.05, 4.69) is 10.6 Å². The third-order valence-electron chi connectivity index (χ3n) is 3.40. The van der Waals surface area contributed by atoms with E-state index in [4.69, 9.17) is 0 Å². The molecule has 0 spiro atoms. The third-order valence-corrected chi connectivity index (χ3v) is 3.40. The smallest absolute Gasteiger partial charge is 0.244 e. The van der Waals surface area contributed by atoms with Crippen LogP contribution in [0.25, 0.3) is 0 Å². The van der Waals surface area contributed by atoms with Crippen LogP contribution < -0.4 is 10.6 Å². The predicted octanol–water partition coefficient (Wildman–Crippen LogP) is 0.888. The number of carbonyl (C=O) groups is 2. The highest BCUT2D eigenvalue weighted by Crippen LogP contribution is 2.24. The molecule has 0 unspecified atom stereocenters. The molecule has 1 aromatic rings. The Bertz CT molecular complexity index is 545. The Hall–Kier alpha value is -1.95. The number of rotatable bonds is 3. The zero-order chi connectivity index (χ0) is 14.7. The van der Waals surface area contributed by atoms with E-state index in [0.717, 1.165) is 12.1 Å². The molecule has 0 atom stereocenters. The van der Waals surface area contributed by atoms with Crippen LogP contribution in [0.2, 0.25) is 0 Å². The first-order valence-corrected chi connectivity index (χ1v) is 6.51. The molecule has 2 amide bonds. The van der Waals surface area contributed by atoms with Gasteiger partial charge in [0.05, 0.1) is 12.2 Å². The van der Waals surface area contributed by atoms with E-state index in [9.17, 15) is 14.0 Å². The summed E-state index contributed by atoms with van der Waals surface area (Å²) in [6, 6.07) is 3.38. The van der Waals surface area contributed by atoms with Crippen molar-refractivity contribution in [2.45, 2.75) is 19.9 Å². The van der Waals surface area contributed by atoms with E-state index >= 15 is 0 Å². The average Bonchev–Trinajstić information content (AvgIpc) is 2.42. The van der Waals surface area contributed by atoms with Crippen LogP contribution in [0.15, 0.2) is 12.1 Å². The summed E-state index contributed by atoms with van der Waals surface area (Å²) >= 11 is 0. The van der Waals surface area contributed by atoms with Gasteiger partial charge in [0, 0.05) is 20.5 Å². The highest BCUT2D eigenvalue weighted by molar-refractivity contribution is 5.94. The van der Waals surface area contributed by atoms with Crippen LogP contribution in [0.4, 0.5) is 10.1 Å². The van der Waals surface area contributed by atoms with Gasteiger partial charge in [-0.3, -0.25) is 9.59 Å². The molecular formula is C14H18FN3O2. The summed E-state index contributed by atoms with van der Waals surface area (Å²) < 4.78 is 14.3. The van der Waals surface area contributed by atoms with Gasteiger partial charge in [-0.15, -0.1) is 0 Å². The molecule has 1 aromatic carbocycles. The molecule has 0 saturated heterocycles. The number of nitrogens with one attached hydrogen (secondary N) is 2. The van der Waals surface area contributed by atoms with Gasteiger partial charge in [0.25, 0.3) is 0 Å². The Morgan fingerprint density at radius 2 is 2.20 bits per heavy atom. The highest BCUT2D eigenvalue weighted by atomic mass is 19.1. The van der Waals surface area contributed by atoms with Gasteiger partial charge in [-0.25, -0.2) is 4.39 Å². The van der Waals surface area contributed by atoms with Crippen LogP contribution in [0, 0.1) is 5.82 Å². The van der Waals surface area contributed by atoms with E-state index in [1.165, 1.54) is 18.9 Å². The maximum absolute atomic E-state index is 14.3. The molecule has 1 aliphatic heterocycles. The predicted molar refractivity (Wildman–Crippen MR) is 73.8 cm³/mol. The van der Waals surface area contributed by atoms with Gasteiger partial charge in [0.1, 0.15) is 5.82 Å². The van der Waals surface area contributed by atoms with E-state index in [1.54, 1.807) is 6.07 Å². The van der Waals surface area contributed by atoms with E-state index < -0.39 is 5.91 Å². The molecule has 0 bridgehead atoms. The summed E-state index contributed by atoms with van der Waals surface area (Å²) in [5, 5.41) is 5.69. The minimum Gasteiger partial charge on any atom is -0.337 e. The maximum Gasteiger partial charge on any atom is 0.244 e. The summed E-state index contributed by atoms with van der Waals surface area (Å²) in [6.45, 7) is 2.66. The summed E-state index contributed by atoms with van der Waals surface area (Å²) in [5.74, 6) is -0.990. The molecule has 1 aliphatic rings. The molecule has 5 nitrogen and oxygen atoms in total. The molecule has 1 heterocycles. The molecule has 0 aliphatic carbocycles. The lowest BCUT2D eigenvalue weighted by atomic mass is 9.99. The Balaban J connectivity index is 2.10. The van der Waals surface area contributed by atoms with Gasteiger partial charge in [-0.05, 0) is 30.2 Å². The second-order valence-electron chi connectivity index (χ2n) is 4.91. The van der Waals surface area contributed by atoms with Crippen LogP contribution in [-0.4, -0.2) is 36.9 Å². The van der Waals surface area contributed by atoms with Crippen LogP contribution in [0.1, 0.15) is 18.1 Å². The normalized spacial score (nSPS) is 13.6. The van der Waals surface area contributed by atoms with Crippen LogP contribution in [-0.2, 0) is 22.6 Å². The number of fused-ring (bicyclic) bond motifs is 1. The van der Waals surface area contributed by atoms with Crippen molar-refractivity contribution in [2.24, 2.45) is 0 Å². The summed E-state index contributed by atoms with van der Waals surface area (Å²) in [6.07, 6.45) is 0.609. The fourth-order valence-electron chi connectivity index (χ4n) is 2.15. The third kappa shape index (κ3) is 3.14. The molecule has 2 rings (SSSR count). The number of amides is 2. The number of halogens is 1. The van der Waals surface area contributed by atoms with Gasteiger partial charge >= 0.3 is 0 Å². The minimum atomic E-state index is -0.407. The van der Waals surface area contributed by atoms with Crippen molar-refractivity contribution in [1.29, 1.82) is 0 Å². The van der Waals surface area contributed by atoms with Crippen molar-refractivity contribution in [1.82, 2.24) is 10.2 Å². The number of benzene rings is 1. The van der Waals surface area contributed by atoms with Crippen LogP contribution >= 0.6 is 0 Å². The standard InChI is InChI=1S/C14H18FN3O2/c1-9(19)18(2)8-13(20)17-12-4-3-10-7-16-6-5-11(10)14(12)15/h3-4,16H,5-8H2,1-2H3,(H,17,20). The van der Waals surface area contributed by atoms with Crippen molar-refractivity contribution in [3.8, 4) is 0 Å². The molecule has 20 heavy (non-hydrogen) atoms. The zero-order valence-electron chi connectivity index (χ0n) is 11.6. The number of hydrogen-bond donors (Lipinski definition) is 2. The second-order valence-corrected chi connectivity index (χ2v) is 4.91. The van der Waals surface area contributed by atoms with Crippen molar-refractivity contribution in [2.75, 3.05) is 25.5 Å². The maximum atomic E-state index is 14.3. The van der Waals surface area contributed by atoms with E-state index in [1.807, 2.05) is 6.07 Å². The van der Waals surface area contributed by atoms with Crippen molar-refractivity contribution in [3.05, 3.63) is 29.1 Å². The lowest BCUT2D eigenvalue weighted by Crippen LogP contribution is -2.33. The van der Waals surface area contributed by atoms with Crippen molar-refractivity contribution in [3.63, 3.8) is 0 Å². The molecule has 2 N–H and O–H groups in total. The topological polar surface area (TPSA) is 61.4 Å². The largest absolute Gasteiger partial charge is 0.337 e. The number of likely N-dealkylation sites (N-methyl/N-ethyl adjacent to an activating group) is 1. The summed E-state index contributed by atoms with van der Waals surface area (Å²) in [7, 11) is 1.52. The Morgan fingerprint density at radius 1 is 1.45 bits per heavy atom. The molecule has 0 radical (unpaired) electrons. The monoisotopic (exact) mass is 279 g/mol. The van der Waals surface area contributed by atoms with Gasteiger partial charge in [0.15, 0.2) is 0 Å². The average molecular weight is 279 g/mol. The minimum absolute atomic E-state index is 0.0899. The Labute approximate surface area is 117 Å². The van der Waals surface area contributed by atoms with Gasteiger partial charge in [0.2, 0.25) is 11.8 Å². The first-order chi connectivity index (χ1) is 9.49. The Kier molecular flexibility index (Phi) is 4.34. The van der Waals surface area contributed by atoms with Crippen LogP contribution in [0.3, 0.4) is 0 Å². The number of carbonyl (C=O) groups excluding carboxylic acids is 2. The highest BCUT2D eigenvalue weighted by Gasteiger charge is 2.18. The first kappa shape index (κ1) is 14.5. The van der Waals surface area contributed by atoms with Crippen molar-refractivity contribution < 1.29 is 14.0 Å². The molecule has 0 saturated carbocycles. The second kappa shape index (κ2) is 6.00. The Morgan fingerprint density at radius 3 is 2.90 bits per heavy atom. The quantitative estimate of drug-likeness (QED) is 0.864. The number of nitrogens with zero attached hydrogens (tertiary/aromatic N) is 1. The molecular weight excluding hydrogens is 261 g/mol. The zero-order valence-corrected chi connectivity index (χ0v) is 11.6. The molecule has 108 valence electrons. The molecule has 0 fully saturated rings. The fourth-order valence-corrected chi connectivity index (χ4v) is 2.15. The lowest BCUT2D eigenvalue weighted by Gasteiger charge is -2.20. The fraction of sp³-hybridized carbons (Fsp3) is 0.429. The van der Waals surface area contributed by atoms with Crippen molar-refractivity contribution >= 4 is 17.5 Å². The SMILES string of the molecule is CC(=O)N(C)CC(=O)Nc1ccc2c(c1F)CCNC2. The van der Waals surface area contributed by atoms with Crippen LogP contribution in [0.5, 0.6) is 0 Å². The molecule has 0 aromatic heterocycles. The summed E-state index contributed by atoms with van der Waals surface area (Å²) in [5.41, 5.74) is 1.75. The summed E-state index contributed by atoms with van der Waals surface area (Å²) in [4.78, 5) is 24.1. The van der Waals surface area contributed by atoms with E-state index in [0.29, 0.717) is 18.5 Å². The number of anilines is 1. The van der Waals surface area contributed by atoms with Gasteiger partial charge in [-0.1, -0.05) is 6.07 Å². The van der Waals surface area contributed by atoms with E-state index in [-0.39, 0.29) is 24.0 Å². The number of hydrogen-bond acceptors (Lipinski definition) is 3. The van der Waals surface area contributed by atoms with Gasteiger partial charge in [-0.2, -0.15) is 0 Å². The first-order valence-electron chi connectivity index (χ1n) is 6.51. The lowest BCUT2D eigenvalue weighted by molar-refractivity contribution is -0.131.